The number of hydrogen-bond acceptors (Lipinski definition) is 4. The van der Waals surface area contributed by atoms with E-state index in [1.807, 2.05) is 24.3 Å². The van der Waals surface area contributed by atoms with Crippen LogP contribution in [0.4, 0.5) is 13.9 Å². The predicted octanol–water partition coefficient (Wildman–Crippen LogP) is 6.21. The normalized spacial score (nSPS) is 11.0. The molecule has 1 N–H and O–H groups in total. The number of carbonyl (C=O) groups is 1. The van der Waals surface area contributed by atoms with E-state index in [1.54, 1.807) is 5.38 Å². The second-order valence-corrected chi connectivity index (χ2v) is 7.65. The van der Waals surface area contributed by atoms with Crippen LogP contribution in [-0.4, -0.2) is 10.9 Å². The SMILES string of the molecule is O=C(Nc1nc(-c2ccc(F)c(F)c2)cs1)c1sc2ccccc2c1Cl. The van der Waals surface area contributed by atoms with E-state index in [0.717, 1.165) is 22.2 Å². The van der Waals surface area contributed by atoms with Gasteiger partial charge in [-0.1, -0.05) is 29.8 Å². The maximum Gasteiger partial charge on any atom is 0.269 e. The summed E-state index contributed by atoms with van der Waals surface area (Å²) in [5.41, 5.74) is 0.882. The van der Waals surface area contributed by atoms with Crippen molar-refractivity contribution in [1.29, 1.82) is 0 Å². The molecule has 0 radical (unpaired) electrons. The molecule has 4 rings (SSSR count). The first kappa shape index (κ1) is 17.1. The number of halogens is 3. The molecule has 1 amide bonds. The number of amides is 1. The van der Waals surface area contributed by atoms with Crippen molar-refractivity contribution in [3.05, 3.63) is 69.4 Å². The van der Waals surface area contributed by atoms with E-state index in [9.17, 15) is 13.6 Å². The van der Waals surface area contributed by atoms with Crippen molar-refractivity contribution in [2.75, 3.05) is 5.32 Å². The third-order valence-corrected chi connectivity index (χ3v) is 6.11. The molecule has 130 valence electrons. The first-order chi connectivity index (χ1) is 12.5. The van der Waals surface area contributed by atoms with Crippen molar-refractivity contribution in [3.8, 4) is 11.3 Å². The van der Waals surface area contributed by atoms with Crippen LogP contribution >= 0.6 is 34.3 Å². The first-order valence-corrected chi connectivity index (χ1v) is 9.49. The van der Waals surface area contributed by atoms with Gasteiger partial charge in [0.15, 0.2) is 16.8 Å². The molecule has 4 aromatic rings. The molecule has 0 saturated heterocycles. The van der Waals surface area contributed by atoms with Crippen molar-refractivity contribution in [1.82, 2.24) is 4.98 Å². The van der Waals surface area contributed by atoms with Crippen LogP contribution in [0.5, 0.6) is 0 Å². The standard InChI is InChI=1S/C18H9ClF2N2OS2/c19-15-10-3-1-2-4-14(10)26-16(15)17(24)23-18-22-13(8-25-18)9-5-6-11(20)12(21)7-9/h1-8H,(H,22,23,24). The lowest BCUT2D eigenvalue weighted by molar-refractivity contribution is 0.103. The van der Waals surface area contributed by atoms with Gasteiger partial charge in [0.05, 0.1) is 10.7 Å². The molecule has 0 aliphatic carbocycles. The van der Waals surface area contributed by atoms with Gasteiger partial charge in [-0.3, -0.25) is 10.1 Å². The Kier molecular flexibility index (Phi) is 4.44. The molecule has 26 heavy (non-hydrogen) atoms. The third-order valence-electron chi connectivity index (χ3n) is 3.68. The zero-order valence-corrected chi connectivity index (χ0v) is 15.3. The zero-order valence-electron chi connectivity index (χ0n) is 12.9. The second kappa shape index (κ2) is 6.75. The molecule has 0 aliphatic heterocycles. The Balaban J connectivity index is 1.59. The number of benzene rings is 2. The van der Waals surface area contributed by atoms with Crippen molar-refractivity contribution in [2.24, 2.45) is 0 Å². The Morgan fingerprint density at radius 3 is 2.69 bits per heavy atom. The Bertz CT molecular complexity index is 1140. The number of carbonyl (C=O) groups excluding carboxylic acids is 1. The number of thiazole rings is 1. The van der Waals surface area contributed by atoms with E-state index >= 15 is 0 Å². The van der Waals surface area contributed by atoms with E-state index in [2.05, 4.69) is 10.3 Å². The fourth-order valence-corrected chi connectivity index (χ4v) is 4.56. The maximum atomic E-state index is 13.4. The summed E-state index contributed by atoms with van der Waals surface area (Å²) in [7, 11) is 0. The number of fused-ring (bicyclic) bond motifs is 1. The van der Waals surface area contributed by atoms with Crippen molar-refractivity contribution in [3.63, 3.8) is 0 Å². The van der Waals surface area contributed by atoms with Crippen LogP contribution < -0.4 is 5.32 Å². The quantitative estimate of drug-likeness (QED) is 0.439. The summed E-state index contributed by atoms with van der Waals surface area (Å²) in [6.07, 6.45) is 0. The Morgan fingerprint density at radius 1 is 1.12 bits per heavy atom. The fraction of sp³-hybridized carbons (Fsp3) is 0. The van der Waals surface area contributed by atoms with Gasteiger partial charge in [-0.25, -0.2) is 13.8 Å². The topological polar surface area (TPSA) is 42.0 Å². The third kappa shape index (κ3) is 3.09. The zero-order chi connectivity index (χ0) is 18.3. The van der Waals surface area contributed by atoms with E-state index in [0.29, 0.717) is 26.3 Å². The lowest BCUT2D eigenvalue weighted by Crippen LogP contribution is -2.10. The predicted molar refractivity (Wildman–Crippen MR) is 102 cm³/mol. The Labute approximate surface area is 159 Å². The fourth-order valence-electron chi connectivity index (χ4n) is 2.43. The second-order valence-electron chi connectivity index (χ2n) is 5.36. The molecule has 0 saturated carbocycles. The van der Waals surface area contributed by atoms with E-state index in [1.165, 1.54) is 28.7 Å². The summed E-state index contributed by atoms with van der Waals surface area (Å²) in [5, 5.41) is 5.94. The van der Waals surface area contributed by atoms with Crippen LogP contribution in [0.2, 0.25) is 5.02 Å². The number of anilines is 1. The number of nitrogens with zero attached hydrogens (tertiary/aromatic N) is 1. The highest BCUT2D eigenvalue weighted by Crippen LogP contribution is 2.36. The maximum absolute atomic E-state index is 13.4. The molecule has 2 heterocycles. The van der Waals surface area contributed by atoms with Gasteiger partial charge in [-0.2, -0.15) is 0 Å². The van der Waals surface area contributed by atoms with Gasteiger partial charge >= 0.3 is 0 Å². The van der Waals surface area contributed by atoms with Crippen LogP contribution in [0.25, 0.3) is 21.3 Å². The summed E-state index contributed by atoms with van der Waals surface area (Å²) < 4.78 is 27.3. The minimum atomic E-state index is -0.946. The van der Waals surface area contributed by atoms with Crippen LogP contribution in [0.15, 0.2) is 47.8 Å². The van der Waals surface area contributed by atoms with Gasteiger partial charge in [0.1, 0.15) is 4.88 Å². The molecule has 0 aliphatic rings. The van der Waals surface area contributed by atoms with Gasteiger partial charge in [0.25, 0.3) is 5.91 Å². The van der Waals surface area contributed by atoms with Crippen molar-refractivity contribution >= 4 is 55.4 Å². The minimum absolute atomic E-state index is 0.350. The van der Waals surface area contributed by atoms with Gasteiger partial charge in [-0.05, 0) is 24.3 Å². The first-order valence-electron chi connectivity index (χ1n) is 7.42. The monoisotopic (exact) mass is 406 g/mol. The summed E-state index contributed by atoms with van der Waals surface area (Å²) in [6, 6.07) is 11.0. The lowest BCUT2D eigenvalue weighted by Gasteiger charge is -2.00. The van der Waals surface area contributed by atoms with E-state index in [-0.39, 0.29) is 5.91 Å². The molecule has 0 unspecified atom stereocenters. The molecule has 8 heteroatoms. The molecule has 2 aromatic heterocycles. The molecular formula is C18H9ClF2N2OS2. The minimum Gasteiger partial charge on any atom is -0.297 e. The molecule has 2 aromatic carbocycles. The van der Waals surface area contributed by atoms with Crippen LogP contribution in [0, 0.1) is 11.6 Å². The van der Waals surface area contributed by atoms with Crippen LogP contribution in [0.1, 0.15) is 9.67 Å². The van der Waals surface area contributed by atoms with E-state index in [4.69, 9.17) is 11.6 Å². The van der Waals surface area contributed by atoms with Crippen LogP contribution in [0.3, 0.4) is 0 Å². The van der Waals surface area contributed by atoms with Gasteiger partial charge in [-0.15, -0.1) is 22.7 Å². The van der Waals surface area contributed by atoms with Gasteiger partial charge in [0.2, 0.25) is 0 Å². The highest BCUT2D eigenvalue weighted by Gasteiger charge is 2.18. The highest BCUT2D eigenvalue weighted by molar-refractivity contribution is 7.21. The van der Waals surface area contributed by atoms with Crippen molar-refractivity contribution in [2.45, 2.75) is 0 Å². The molecule has 0 atom stereocenters. The van der Waals surface area contributed by atoms with Crippen molar-refractivity contribution < 1.29 is 13.6 Å². The van der Waals surface area contributed by atoms with E-state index < -0.39 is 11.6 Å². The molecule has 0 fully saturated rings. The number of nitrogens with one attached hydrogen (secondary N) is 1. The summed E-state index contributed by atoms with van der Waals surface area (Å²) >= 11 is 8.80. The number of thiophene rings is 1. The summed E-state index contributed by atoms with van der Waals surface area (Å²) in [6.45, 7) is 0. The Morgan fingerprint density at radius 2 is 1.92 bits per heavy atom. The average Bonchev–Trinajstić information content (AvgIpc) is 3.23. The number of rotatable bonds is 3. The Hall–Kier alpha value is -2.35. The van der Waals surface area contributed by atoms with Gasteiger partial charge in [0, 0.05) is 21.0 Å². The number of aromatic nitrogens is 1. The smallest absolute Gasteiger partial charge is 0.269 e. The van der Waals surface area contributed by atoms with Gasteiger partial charge < -0.3 is 0 Å². The summed E-state index contributed by atoms with van der Waals surface area (Å²) in [5.74, 6) is -2.22. The lowest BCUT2D eigenvalue weighted by atomic mass is 10.2. The largest absolute Gasteiger partial charge is 0.297 e. The number of hydrogen-bond donors (Lipinski definition) is 1. The molecule has 0 spiro atoms. The molecular weight excluding hydrogens is 398 g/mol. The molecule has 0 bridgehead atoms. The average molecular weight is 407 g/mol. The molecule has 3 nitrogen and oxygen atoms in total. The van der Waals surface area contributed by atoms with Crippen LogP contribution in [-0.2, 0) is 0 Å². The highest BCUT2D eigenvalue weighted by atomic mass is 35.5. The summed E-state index contributed by atoms with van der Waals surface area (Å²) in [4.78, 5) is 17.2.